The molecule has 0 radical (unpaired) electrons. The van der Waals surface area contributed by atoms with Gasteiger partial charge in [-0.05, 0) is 30.5 Å². The normalized spacial score (nSPS) is 11.3. The van der Waals surface area contributed by atoms with Crippen LogP contribution in [0.1, 0.15) is 25.0 Å². The summed E-state index contributed by atoms with van der Waals surface area (Å²) in [5.74, 6) is 0. The Morgan fingerprint density at radius 2 is 1.32 bits per heavy atom. The fourth-order valence-electron chi connectivity index (χ4n) is 1.72. The van der Waals surface area contributed by atoms with E-state index in [-0.39, 0.29) is 0 Å². The maximum Gasteiger partial charge on any atom is 0.287 e. The Morgan fingerprint density at radius 3 is 1.64 bits per heavy atom. The third kappa shape index (κ3) is 7.02. The van der Waals surface area contributed by atoms with Gasteiger partial charge in [-0.15, -0.1) is 0 Å². The number of benzene rings is 2. The van der Waals surface area contributed by atoms with Gasteiger partial charge in [0, 0.05) is 0 Å². The number of hydrogen-bond acceptors (Lipinski definition) is 2. The summed E-state index contributed by atoms with van der Waals surface area (Å²) >= 11 is 0. The molecule has 0 heterocycles. The van der Waals surface area contributed by atoms with Gasteiger partial charge in [0.2, 0.25) is 0 Å². The van der Waals surface area contributed by atoms with E-state index in [1.54, 1.807) is 31.2 Å². The van der Waals surface area contributed by atoms with E-state index in [0.29, 0.717) is 5.57 Å². The molecular weight excluding hydrogens is 296 g/mol. The van der Waals surface area contributed by atoms with Crippen LogP contribution in [0.5, 0.6) is 0 Å². The fourth-order valence-corrected chi connectivity index (χ4v) is 2.30. The number of hydrogen-bond donors (Lipinski definition) is 1. The smallest absolute Gasteiger partial charge is 0.282 e. The average molecular weight is 316 g/mol. The molecule has 22 heavy (non-hydrogen) atoms. The van der Waals surface area contributed by atoms with Gasteiger partial charge in [-0.1, -0.05) is 72.8 Å². The molecule has 0 amide bonds. The zero-order chi connectivity index (χ0) is 16.6. The summed E-state index contributed by atoms with van der Waals surface area (Å²) < 4.78 is 29.5. The summed E-state index contributed by atoms with van der Waals surface area (Å²) in [7, 11) is -4.03. The van der Waals surface area contributed by atoms with Crippen LogP contribution in [0.2, 0.25) is 0 Å². The van der Waals surface area contributed by atoms with Crippen molar-refractivity contribution in [2.45, 2.75) is 13.8 Å². The topological polar surface area (TPSA) is 54.4 Å². The SMILES string of the molecule is C=C(C)c1ccccc1.CC(=CS(=O)(=O)O)c1ccccc1. The minimum Gasteiger partial charge on any atom is -0.282 e. The molecule has 2 rings (SSSR count). The molecule has 0 aliphatic rings. The van der Waals surface area contributed by atoms with Crippen LogP contribution in [0.15, 0.2) is 72.7 Å². The van der Waals surface area contributed by atoms with E-state index >= 15 is 0 Å². The monoisotopic (exact) mass is 316 g/mol. The standard InChI is InChI=1S/C9H10O3S.C9H10/c1-8(7-13(10,11)12)9-5-3-2-4-6-9;1-8(2)9-6-4-3-5-7-9/h2-7H,1H3,(H,10,11,12);3-7H,1H2,2H3. The van der Waals surface area contributed by atoms with E-state index in [0.717, 1.165) is 16.5 Å². The molecule has 4 heteroatoms. The molecule has 2 aromatic carbocycles. The second-order valence-corrected chi connectivity index (χ2v) is 6.09. The van der Waals surface area contributed by atoms with E-state index in [1.807, 2.05) is 31.2 Å². The van der Waals surface area contributed by atoms with Crippen molar-refractivity contribution in [2.24, 2.45) is 0 Å². The average Bonchev–Trinajstić information content (AvgIpc) is 2.48. The molecule has 0 atom stereocenters. The summed E-state index contributed by atoms with van der Waals surface area (Å²) in [4.78, 5) is 0. The summed E-state index contributed by atoms with van der Waals surface area (Å²) in [6.45, 7) is 7.46. The molecule has 0 spiro atoms. The van der Waals surface area contributed by atoms with Crippen molar-refractivity contribution in [2.75, 3.05) is 0 Å². The van der Waals surface area contributed by atoms with E-state index in [1.165, 1.54) is 5.56 Å². The predicted molar refractivity (Wildman–Crippen MR) is 92.8 cm³/mol. The van der Waals surface area contributed by atoms with Crippen LogP contribution < -0.4 is 0 Å². The first-order valence-corrected chi connectivity index (χ1v) is 8.22. The van der Waals surface area contributed by atoms with E-state index < -0.39 is 10.1 Å². The van der Waals surface area contributed by atoms with Crippen molar-refractivity contribution < 1.29 is 13.0 Å². The van der Waals surface area contributed by atoms with Crippen molar-refractivity contribution >= 4 is 21.3 Å². The highest BCUT2D eigenvalue weighted by Crippen LogP contribution is 2.13. The minimum atomic E-state index is -4.03. The molecule has 0 aliphatic carbocycles. The van der Waals surface area contributed by atoms with E-state index in [4.69, 9.17) is 4.55 Å². The van der Waals surface area contributed by atoms with E-state index in [2.05, 4.69) is 18.7 Å². The molecule has 3 nitrogen and oxygen atoms in total. The maximum atomic E-state index is 10.5. The quantitative estimate of drug-likeness (QED) is 0.838. The molecular formula is C18H20O3S. The van der Waals surface area contributed by atoms with Crippen LogP contribution in [0.4, 0.5) is 0 Å². The highest BCUT2D eigenvalue weighted by molar-refractivity contribution is 7.89. The van der Waals surface area contributed by atoms with Crippen LogP contribution in [-0.2, 0) is 10.1 Å². The first-order chi connectivity index (χ1) is 10.3. The highest BCUT2D eigenvalue weighted by atomic mass is 32.2. The summed E-state index contributed by atoms with van der Waals surface area (Å²) in [6, 6.07) is 19.1. The lowest BCUT2D eigenvalue weighted by Crippen LogP contribution is -1.91. The van der Waals surface area contributed by atoms with Gasteiger partial charge < -0.3 is 0 Å². The van der Waals surface area contributed by atoms with Crippen molar-refractivity contribution in [1.29, 1.82) is 0 Å². The van der Waals surface area contributed by atoms with Crippen LogP contribution in [-0.4, -0.2) is 13.0 Å². The van der Waals surface area contributed by atoms with Crippen molar-refractivity contribution in [3.8, 4) is 0 Å². The van der Waals surface area contributed by atoms with Gasteiger partial charge in [-0.3, -0.25) is 4.55 Å². The lowest BCUT2D eigenvalue weighted by molar-refractivity contribution is 0.494. The van der Waals surface area contributed by atoms with Crippen molar-refractivity contribution in [3.63, 3.8) is 0 Å². The Kier molecular flexibility index (Phi) is 6.76. The highest BCUT2D eigenvalue weighted by Gasteiger charge is 2.01. The van der Waals surface area contributed by atoms with Crippen LogP contribution in [0.3, 0.4) is 0 Å². The molecule has 0 aliphatic heterocycles. The largest absolute Gasteiger partial charge is 0.287 e. The Hall–Kier alpha value is -2.17. The van der Waals surface area contributed by atoms with E-state index in [9.17, 15) is 8.42 Å². The fraction of sp³-hybridized carbons (Fsp3) is 0.111. The van der Waals surface area contributed by atoms with Crippen LogP contribution >= 0.6 is 0 Å². The third-order valence-electron chi connectivity index (χ3n) is 2.82. The van der Waals surface area contributed by atoms with Gasteiger partial charge in [0.1, 0.15) is 0 Å². The van der Waals surface area contributed by atoms with Crippen LogP contribution in [0, 0.1) is 0 Å². The molecule has 116 valence electrons. The Labute approximate surface area is 132 Å². The minimum absolute atomic E-state index is 0.517. The van der Waals surface area contributed by atoms with Gasteiger partial charge in [-0.25, -0.2) is 0 Å². The second kappa shape index (κ2) is 8.32. The predicted octanol–water partition coefficient (Wildman–Crippen LogP) is 4.65. The Morgan fingerprint density at radius 1 is 0.909 bits per heavy atom. The van der Waals surface area contributed by atoms with Crippen molar-refractivity contribution in [3.05, 3.63) is 83.8 Å². The molecule has 0 saturated carbocycles. The van der Waals surface area contributed by atoms with Gasteiger partial charge in [0.15, 0.2) is 0 Å². The zero-order valence-corrected chi connectivity index (χ0v) is 13.5. The Balaban J connectivity index is 0.000000235. The molecule has 1 N–H and O–H groups in total. The Bertz CT molecular complexity index is 730. The zero-order valence-electron chi connectivity index (χ0n) is 12.7. The third-order valence-corrected chi connectivity index (χ3v) is 3.47. The summed E-state index contributed by atoms with van der Waals surface area (Å²) in [5.41, 5.74) is 3.64. The number of allylic oxidation sites excluding steroid dienone is 2. The number of rotatable bonds is 3. The molecule has 2 aromatic rings. The molecule has 0 bridgehead atoms. The first-order valence-electron chi connectivity index (χ1n) is 6.72. The van der Waals surface area contributed by atoms with Crippen molar-refractivity contribution in [1.82, 2.24) is 0 Å². The lowest BCUT2D eigenvalue weighted by Gasteiger charge is -1.98. The van der Waals surface area contributed by atoms with Gasteiger partial charge in [0.05, 0.1) is 5.41 Å². The molecule has 0 saturated heterocycles. The second-order valence-electron chi connectivity index (χ2n) is 4.83. The maximum absolute atomic E-state index is 10.5. The van der Waals surface area contributed by atoms with Crippen LogP contribution in [0.25, 0.3) is 11.1 Å². The first kappa shape index (κ1) is 17.9. The van der Waals surface area contributed by atoms with Gasteiger partial charge >= 0.3 is 0 Å². The summed E-state index contributed by atoms with van der Waals surface area (Å²) in [5, 5.41) is 0.836. The lowest BCUT2D eigenvalue weighted by atomic mass is 10.1. The van der Waals surface area contributed by atoms with Gasteiger partial charge in [0.25, 0.3) is 10.1 Å². The molecule has 0 fully saturated rings. The molecule has 0 aromatic heterocycles. The van der Waals surface area contributed by atoms with Gasteiger partial charge in [-0.2, -0.15) is 8.42 Å². The molecule has 0 unspecified atom stereocenters. The summed E-state index contributed by atoms with van der Waals surface area (Å²) in [6.07, 6.45) is 0.